The van der Waals surface area contributed by atoms with Crippen LogP contribution in [0.2, 0.25) is 0 Å². The molecule has 0 unspecified atom stereocenters. The largest absolute Gasteiger partial charge is 0.283 e. The molecule has 1 aliphatic rings. The Morgan fingerprint density at radius 1 is 1.21 bits per heavy atom. The minimum absolute atomic E-state index is 0.245. The minimum atomic E-state index is -0.413. The highest BCUT2D eigenvalue weighted by atomic mass is 19.1. The monoisotopic (exact) mass is 325 g/mol. The highest BCUT2D eigenvalue weighted by Gasteiger charge is 2.23. The summed E-state index contributed by atoms with van der Waals surface area (Å²) in [4.78, 5) is 16.9. The fraction of sp³-hybridized carbons (Fsp3) is 0.263. The third-order valence-corrected chi connectivity index (χ3v) is 4.18. The van der Waals surface area contributed by atoms with Crippen LogP contribution in [0.15, 0.2) is 47.5 Å². The molecule has 1 saturated heterocycles. The quantitative estimate of drug-likeness (QED) is 0.940. The number of hydrogen-bond donors (Lipinski definition) is 1. The van der Waals surface area contributed by atoms with Crippen molar-refractivity contribution < 1.29 is 9.18 Å². The van der Waals surface area contributed by atoms with Gasteiger partial charge in [-0.2, -0.15) is 0 Å². The average Bonchev–Trinajstić information content (AvgIpc) is 3.04. The first-order chi connectivity index (χ1) is 11.5. The zero-order valence-electron chi connectivity index (χ0n) is 13.8. The predicted molar refractivity (Wildman–Crippen MR) is 92.2 cm³/mol. The number of hydrogen-bond acceptors (Lipinski definition) is 2. The molecule has 0 bridgehead atoms. The first kappa shape index (κ1) is 16.2. The highest BCUT2D eigenvalue weighted by molar-refractivity contribution is 5.97. The second-order valence-corrected chi connectivity index (χ2v) is 6.01. The van der Waals surface area contributed by atoms with Gasteiger partial charge < -0.3 is 0 Å². The number of benzene rings is 2. The molecule has 24 heavy (non-hydrogen) atoms. The summed E-state index contributed by atoms with van der Waals surface area (Å²) in [5.74, 6) is 0.118. The standard InChI is InChI=1S/C19H20FN3O/c1-13-6-7-15(10-14(13)2)12-21-18-8-9-23(22-18)19(24)16-4-3-5-17(20)11-16/h3-7,10-11H,8-9,12H2,1-2H3,(H,21,22). The predicted octanol–water partition coefficient (Wildman–Crippen LogP) is 3.39. The molecule has 1 amide bonds. The van der Waals surface area contributed by atoms with E-state index in [4.69, 9.17) is 0 Å². The van der Waals surface area contributed by atoms with Crippen LogP contribution in [-0.2, 0) is 6.54 Å². The van der Waals surface area contributed by atoms with Crippen LogP contribution in [0.3, 0.4) is 0 Å². The van der Waals surface area contributed by atoms with E-state index >= 15 is 0 Å². The molecule has 1 aliphatic heterocycles. The Morgan fingerprint density at radius 3 is 2.79 bits per heavy atom. The van der Waals surface area contributed by atoms with Gasteiger partial charge in [-0.15, -0.1) is 0 Å². The van der Waals surface area contributed by atoms with Gasteiger partial charge in [0.1, 0.15) is 11.7 Å². The van der Waals surface area contributed by atoms with Crippen molar-refractivity contribution in [2.75, 3.05) is 6.54 Å². The minimum Gasteiger partial charge on any atom is -0.283 e. The van der Waals surface area contributed by atoms with E-state index in [0.717, 1.165) is 11.4 Å². The Bertz CT molecular complexity index is 801. The van der Waals surface area contributed by atoms with Crippen molar-refractivity contribution in [2.45, 2.75) is 26.8 Å². The summed E-state index contributed by atoms with van der Waals surface area (Å²) in [6.07, 6.45) is 0.673. The molecule has 0 saturated carbocycles. The molecule has 1 fully saturated rings. The summed E-state index contributed by atoms with van der Waals surface area (Å²) in [6, 6.07) is 12.0. The maximum absolute atomic E-state index is 13.2. The molecule has 0 aliphatic carbocycles. The van der Waals surface area contributed by atoms with Crippen LogP contribution in [0.5, 0.6) is 0 Å². The SMILES string of the molecule is Cc1ccc(CN=C2CCN(C(=O)c3cccc(F)c3)N2)cc1C. The molecule has 2 aromatic rings. The molecule has 5 heteroatoms. The number of aryl methyl sites for hydroxylation is 2. The summed E-state index contributed by atoms with van der Waals surface area (Å²) >= 11 is 0. The van der Waals surface area contributed by atoms with Gasteiger partial charge in [0.25, 0.3) is 5.91 Å². The topological polar surface area (TPSA) is 44.7 Å². The molecule has 4 nitrogen and oxygen atoms in total. The van der Waals surface area contributed by atoms with Gasteiger partial charge in [0.2, 0.25) is 0 Å². The van der Waals surface area contributed by atoms with Crippen molar-refractivity contribution in [3.63, 3.8) is 0 Å². The number of nitrogens with one attached hydrogen (secondary N) is 1. The van der Waals surface area contributed by atoms with E-state index in [1.807, 2.05) is 0 Å². The third-order valence-electron chi connectivity index (χ3n) is 4.18. The molecule has 1 heterocycles. The maximum Gasteiger partial charge on any atom is 0.272 e. The second-order valence-electron chi connectivity index (χ2n) is 6.01. The van der Waals surface area contributed by atoms with E-state index in [1.165, 1.54) is 34.3 Å². The summed E-state index contributed by atoms with van der Waals surface area (Å²) in [6.45, 7) is 5.27. The number of rotatable bonds is 3. The molecular weight excluding hydrogens is 305 g/mol. The van der Waals surface area contributed by atoms with E-state index in [0.29, 0.717) is 25.1 Å². The number of amides is 1. The number of nitrogens with zero attached hydrogens (tertiary/aromatic N) is 2. The average molecular weight is 325 g/mol. The molecule has 0 aromatic heterocycles. The summed E-state index contributed by atoms with van der Waals surface area (Å²) in [5.41, 5.74) is 7.00. The number of carbonyl (C=O) groups is 1. The fourth-order valence-corrected chi connectivity index (χ4v) is 2.62. The molecule has 0 radical (unpaired) electrons. The van der Waals surface area contributed by atoms with Gasteiger partial charge >= 0.3 is 0 Å². The van der Waals surface area contributed by atoms with E-state index in [9.17, 15) is 9.18 Å². The van der Waals surface area contributed by atoms with Gasteiger partial charge in [-0.25, -0.2) is 4.39 Å². The Hall–Kier alpha value is -2.69. The number of hydrazine groups is 1. The maximum atomic E-state index is 13.2. The van der Waals surface area contributed by atoms with Crippen LogP contribution in [0.1, 0.15) is 33.5 Å². The van der Waals surface area contributed by atoms with Gasteiger partial charge in [0.05, 0.1) is 6.54 Å². The van der Waals surface area contributed by atoms with E-state index < -0.39 is 5.82 Å². The van der Waals surface area contributed by atoms with E-state index in [2.05, 4.69) is 42.5 Å². The Kier molecular flexibility index (Phi) is 4.60. The number of carbonyl (C=O) groups excluding carboxylic acids is 1. The number of halogens is 1. The highest BCUT2D eigenvalue weighted by Crippen LogP contribution is 2.13. The van der Waals surface area contributed by atoms with Gasteiger partial charge in [-0.3, -0.25) is 20.2 Å². The van der Waals surface area contributed by atoms with Crippen LogP contribution < -0.4 is 5.43 Å². The third kappa shape index (κ3) is 3.62. The van der Waals surface area contributed by atoms with E-state index in [1.54, 1.807) is 6.07 Å². The van der Waals surface area contributed by atoms with Crippen molar-refractivity contribution in [1.82, 2.24) is 10.4 Å². The van der Waals surface area contributed by atoms with Crippen LogP contribution in [0, 0.1) is 19.7 Å². The lowest BCUT2D eigenvalue weighted by Crippen LogP contribution is -2.38. The van der Waals surface area contributed by atoms with Crippen molar-refractivity contribution in [3.05, 3.63) is 70.5 Å². The Labute approximate surface area is 141 Å². The fourth-order valence-electron chi connectivity index (χ4n) is 2.62. The van der Waals surface area contributed by atoms with Gasteiger partial charge in [0, 0.05) is 18.5 Å². The molecular formula is C19H20FN3O. The Balaban J connectivity index is 1.64. The van der Waals surface area contributed by atoms with E-state index in [-0.39, 0.29) is 5.91 Å². The van der Waals surface area contributed by atoms with Gasteiger partial charge in [-0.1, -0.05) is 24.3 Å². The van der Waals surface area contributed by atoms with Gasteiger partial charge in [0.15, 0.2) is 0 Å². The molecule has 2 aromatic carbocycles. The summed E-state index contributed by atoms with van der Waals surface area (Å²) in [5, 5.41) is 1.48. The number of amidine groups is 1. The lowest BCUT2D eigenvalue weighted by atomic mass is 10.1. The lowest BCUT2D eigenvalue weighted by Gasteiger charge is -2.15. The lowest BCUT2D eigenvalue weighted by molar-refractivity contribution is 0.0741. The van der Waals surface area contributed by atoms with Crippen LogP contribution in [0.25, 0.3) is 0 Å². The molecule has 3 rings (SSSR count). The smallest absolute Gasteiger partial charge is 0.272 e. The molecule has 0 atom stereocenters. The van der Waals surface area contributed by atoms with Crippen LogP contribution >= 0.6 is 0 Å². The second kappa shape index (κ2) is 6.83. The normalized spacial score (nSPS) is 15.6. The summed E-state index contributed by atoms with van der Waals surface area (Å²) in [7, 11) is 0. The number of aliphatic imine (C=N–C) groups is 1. The zero-order valence-corrected chi connectivity index (χ0v) is 13.8. The summed E-state index contributed by atoms with van der Waals surface area (Å²) < 4.78 is 13.2. The van der Waals surface area contributed by atoms with Gasteiger partial charge in [-0.05, 0) is 48.7 Å². The van der Waals surface area contributed by atoms with Crippen molar-refractivity contribution in [2.24, 2.45) is 4.99 Å². The van der Waals surface area contributed by atoms with Crippen molar-refractivity contribution >= 4 is 11.7 Å². The first-order valence-corrected chi connectivity index (χ1v) is 7.96. The first-order valence-electron chi connectivity index (χ1n) is 7.96. The molecule has 0 spiro atoms. The Morgan fingerprint density at radius 2 is 2.04 bits per heavy atom. The van der Waals surface area contributed by atoms with Crippen LogP contribution in [0.4, 0.5) is 4.39 Å². The van der Waals surface area contributed by atoms with Crippen molar-refractivity contribution in [1.29, 1.82) is 0 Å². The van der Waals surface area contributed by atoms with Crippen molar-refractivity contribution in [3.8, 4) is 0 Å². The molecule has 1 N–H and O–H groups in total. The zero-order chi connectivity index (χ0) is 17.1. The van der Waals surface area contributed by atoms with Crippen LogP contribution in [-0.4, -0.2) is 23.3 Å². The molecule has 124 valence electrons.